The van der Waals surface area contributed by atoms with E-state index >= 15 is 0 Å². The number of halogens is 1. The van der Waals surface area contributed by atoms with Gasteiger partial charge in [-0.1, -0.05) is 41.9 Å². The average Bonchev–Trinajstić information content (AvgIpc) is 3.02. The Hall–Kier alpha value is -3.45. The molecular weight excluding hydrogens is 408 g/mol. The summed E-state index contributed by atoms with van der Waals surface area (Å²) in [5.41, 5.74) is 1.32. The topological polar surface area (TPSA) is 95.0 Å². The minimum absolute atomic E-state index is 0.158. The Morgan fingerprint density at radius 3 is 2.37 bits per heavy atom. The first-order valence-electron chi connectivity index (χ1n) is 9.24. The molecule has 3 rings (SSSR count). The van der Waals surface area contributed by atoms with Crippen LogP contribution in [0.5, 0.6) is 0 Å². The van der Waals surface area contributed by atoms with Gasteiger partial charge < -0.3 is 10.0 Å². The minimum Gasteiger partial charge on any atom is -0.478 e. The number of benzene rings is 2. The number of hydrogen-bond acceptors (Lipinski definition) is 4. The quantitative estimate of drug-likeness (QED) is 0.542. The molecule has 3 amide bonds. The highest BCUT2D eigenvalue weighted by molar-refractivity contribution is 6.31. The van der Waals surface area contributed by atoms with E-state index in [1.807, 2.05) is 30.3 Å². The van der Waals surface area contributed by atoms with E-state index in [0.717, 1.165) is 22.6 Å². The maximum absolute atomic E-state index is 13.0. The fraction of sp³-hybridized carbons (Fsp3) is 0.182. The largest absolute Gasteiger partial charge is 0.478 e. The number of amides is 3. The maximum Gasteiger partial charge on any atom is 0.328 e. The summed E-state index contributed by atoms with van der Waals surface area (Å²) in [4.78, 5) is 51.4. The Morgan fingerprint density at radius 1 is 1.07 bits per heavy atom. The van der Waals surface area contributed by atoms with Gasteiger partial charge in [0.2, 0.25) is 11.8 Å². The zero-order chi connectivity index (χ0) is 21.7. The molecule has 1 aliphatic heterocycles. The van der Waals surface area contributed by atoms with E-state index in [2.05, 4.69) is 0 Å². The Kier molecular flexibility index (Phi) is 6.64. The van der Waals surface area contributed by atoms with Crippen LogP contribution in [0, 0.1) is 0 Å². The van der Waals surface area contributed by atoms with Crippen molar-refractivity contribution in [1.29, 1.82) is 0 Å². The number of nitrogens with zero attached hydrogens (tertiary/aromatic N) is 2. The number of carboxylic acid groups (broad SMARTS) is 1. The normalized spacial score (nSPS) is 16.3. The molecule has 30 heavy (non-hydrogen) atoms. The molecule has 2 aromatic rings. The molecule has 8 heteroatoms. The van der Waals surface area contributed by atoms with Crippen LogP contribution in [0.15, 0.2) is 66.7 Å². The van der Waals surface area contributed by atoms with Gasteiger partial charge in [-0.15, -0.1) is 0 Å². The van der Waals surface area contributed by atoms with Gasteiger partial charge in [-0.25, -0.2) is 9.69 Å². The van der Waals surface area contributed by atoms with Crippen molar-refractivity contribution in [2.75, 3.05) is 11.4 Å². The number of imide groups is 1. The molecule has 0 unspecified atom stereocenters. The van der Waals surface area contributed by atoms with Crippen molar-refractivity contribution in [3.63, 3.8) is 0 Å². The molecule has 1 atom stereocenters. The number of carbonyl (C=O) groups is 4. The van der Waals surface area contributed by atoms with Crippen LogP contribution >= 0.6 is 11.6 Å². The summed E-state index contributed by atoms with van der Waals surface area (Å²) in [6.07, 6.45) is 1.89. The van der Waals surface area contributed by atoms with E-state index in [1.165, 1.54) is 4.90 Å². The Bertz CT molecular complexity index is 988. The van der Waals surface area contributed by atoms with Gasteiger partial charge in [0, 0.05) is 23.7 Å². The zero-order valence-electron chi connectivity index (χ0n) is 15.9. The highest BCUT2D eigenvalue weighted by atomic mass is 35.5. The van der Waals surface area contributed by atoms with Crippen LogP contribution in [0.1, 0.15) is 12.0 Å². The van der Waals surface area contributed by atoms with Crippen LogP contribution in [0.2, 0.25) is 5.02 Å². The molecular formula is C22H19ClN2O5. The third-order valence-corrected chi connectivity index (χ3v) is 4.97. The monoisotopic (exact) mass is 426 g/mol. The minimum atomic E-state index is -1.28. The number of anilines is 1. The average molecular weight is 427 g/mol. The molecule has 7 nitrogen and oxygen atoms in total. The van der Waals surface area contributed by atoms with Gasteiger partial charge in [-0.05, 0) is 36.2 Å². The van der Waals surface area contributed by atoms with Gasteiger partial charge in [-0.2, -0.15) is 0 Å². The van der Waals surface area contributed by atoms with Gasteiger partial charge in [0.15, 0.2) is 0 Å². The second-order valence-electron chi connectivity index (χ2n) is 6.70. The van der Waals surface area contributed by atoms with E-state index < -0.39 is 29.7 Å². The molecule has 0 aliphatic carbocycles. The van der Waals surface area contributed by atoms with E-state index in [1.54, 1.807) is 24.3 Å². The van der Waals surface area contributed by atoms with Gasteiger partial charge in [0.05, 0.1) is 12.1 Å². The molecule has 1 heterocycles. The smallest absolute Gasteiger partial charge is 0.328 e. The summed E-state index contributed by atoms with van der Waals surface area (Å²) in [5.74, 6) is -2.89. The number of carbonyl (C=O) groups excluding carboxylic acids is 3. The lowest BCUT2D eigenvalue weighted by Crippen LogP contribution is -2.45. The lowest BCUT2D eigenvalue weighted by Gasteiger charge is -2.26. The molecule has 1 N–H and O–H groups in total. The molecule has 1 saturated heterocycles. The number of rotatable bonds is 7. The van der Waals surface area contributed by atoms with Crippen LogP contribution in [0.4, 0.5) is 5.69 Å². The van der Waals surface area contributed by atoms with Crippen molar-refractivity contribution in [3.8, 4) is 0 Å². The highest BCUT2D eigenvalue weighted by Gasteiger charge is 2.43. The van der Waals surface area contributed by atoms with E-state index in [9.17, 15) is 19.2 Å². The standard InChI is InChI=1S/C22H19ClN2O5/c23-16-6-8-17(9-7-16)25-20(27)14-18(22(25)30)24(19(26)10-11-21(28)29)13-12-15-4-2-1-3-5-15/h1-11,18H,12-14H2,(H,28,29)/b11-10+/t18-/m1/s1. The lowest BCUT2D eigenvalue weighted by molar-refractivity contribution is -0.135. The maximum atomic E-state index is 13.0. The third-order valence-electron chi connectivity index (χ3n) is 4.72. The molecule has 0 aromatic heterocycles. The second-order valence-corrected chi connectivity index (χ2v) is 7.14. The second kappa shape index (κ2) is 9.37. The van der Waals surface area contributed by atoms with Crippen molar-refractivity contribution in [1.82, 2.24) is 4.90 Å². The molecule has 0 saturated carbocycles. The Balaban J connectivity index is 1.85. The summed E-state index contributed by atoms with van der Waals surface area (Å²) in [6, 6.07) is 14.6. The van der Waals surface area contributed by atoms with Crippen LogP contribution in [-0.2, 0) is 25.6 Å². The van der Waals surface area contributed by atoms with E-state index in [0.29, 0.717) is 17.1 Å². The van der Waals surface area contributed by atoms with Crippen molar-refractivity contribution in [2.45, 2.75) is 18.9 Å². The van der Waals surface area contributed by atoms with E-state index in [4.69, 9.17) is 16.7 Å². The summed E-state index contributed by atoms with van der Waals surface area (Å²) < 4.78 is 0. The molecule has 0 spiro atoms. The molecule has 2 aromatic carbocycles. The molecule has 1 aliphatic rings. The van der Waals surface area contributed by atoms with Gasteiger partial charge in [0.25, 0.3) is 5.91 Å². The van der Waals surface area contributed by atoms with Gasteiger partial charge in [0.1, 0.15) is 6.04 Å². The van der Waals surface area contributed by atoms with Crippen LogP contribution < -0.4 is 4.90 Å². The highest BCUT2D eigenvalue weighted by Crippen LogP contribution is 2.27. The van der Waals surface area contributed by atoms with Crippen molar-refractivity contribution in [2.24, 2.45) is 0 Å². The third kappa shape index (κ3) is 4.93. The predicted octanol–water partition coefficient (Wildman–Crippen LogP) is 2.68. The predicted molar refractivity (Wildman–Crippen MR) is 111 cm³/mol. The van der Waals surface area contributed by atoms with Crippen molar-refractivity contribution in [3.05, 3.63) is 77.3 Å². The van der Waals surface area contributed by atoms with Crippen LogP contribution in [-0.4, -0.2) is 46.3 Å². The first kappa shape index (κ1) is 21.3. The van der Waals surface area contributed by atoms with Gasteiger partial charge in [-0.3, -0.25) is 14.4 Å². The SMILES string of the molecule is O=C(O)/C=C/C(=O)N(CCc1ccccc1)[C@@H]1CC(=O)N(c2ccc(Cl)cc2)C1=O. The molecule has 0 radical (unpaired) electrons. The number of aliphatic carboxylic acids is 1. The molecule has 0 bridgehead atoms. The first-order chi connectivity index (χ1) is 14.4. The first-order valence-corrected chi connectivity index (χ1v) is 9.62. The molecule has 154 valence electrons. The van der Waals surface area contributed by atoms with Crippen LogP contribution in [0.25, 0.3) is 0 Å². The Labute approximate surface area is 178 Å². The fourth-order valence-corrected chi connectivity index (χ4v) is 3.40. The van der Waals surface area contributed by atoms with Gasteiger partial charge >= 0.3 is 5.97 Å². The van der Waals surface area contributed by atoms with Crippen molar-refractivity contribution < 1.29 is 24.3 Å². The van der Waals surface area contributed by atoms with Crippen molar-refractivity contribution >= 4 is 41.0 Å². The summed E-state index contributed by atoms with van der Waals surface area (Å²) >= 11 is 5.87. The molecule has 1 fully saturated rings. The number of carboxylic acids is 1. The zero-order valence-corrected chi connectivity index (χ0v) is 16.7. The Morgan fingerprint density at radius 2 is 1.73 bits per heavy atom. The summed E-state index contributed by atoms with van der Waals surface area (Å²) in [5, 5.41) is 9.29. The lowest BCUT2D eigenvalue weighted by atomic mass is 10.1. The van der Waals surface area contributed by atoms with Crippen LogP contribution in [0.3, 0.4) is 0 Å². The number of hydrogen-bond donors (Lipinski definition) is 1. The summed E-state index contributed by atoms with van der Waals surface area (Å²) in [7, 11) is 0. The fourth-order valence-electron chi connectivity index (χ4n) is 3.27. The van der Waals surface area contributed by atoms with E-state index in [-0.39, 0.29) is 13.0 Å². The summed E-state index contributed by atoms with van der Waals surface area (Å²) in [6.45, 7) is 0.158.